The quantitative estimate of drug-likeness (QED) is 0.866. The minimum atomic E-state index is -0.982. The van der Waals surface area contributed by atoms with E-state index in [4.69, 9.17) is 0 Å². The number of nitrogens with one attached hydrogen (secondary N) is 1. The number of carbonyl (C=O) groups excluding carboxylic acids is 2. The van der Waals surface area contributed by atoms with Gasteiger partial charge < -0.3 is 15.3 Å². The summed E-state index contributed by atoms with van der Waals surface area (Å²) in [6.07, 6.45) is 2.77. The van der Waals surface area contributed by atoms with Gasteiger partial charge in [0.15, 0.2) is 0 Å². The molecule has 6 nitrogen and oxygen atoms in total. The van der Waals surface area contributed by atoms with Crippen molar-refractivity contribution in [3.63, 3.8) is 0 Å². The van der Waals surface area contributed by atoms with Gasteiger partial charge in [0, 0.05) is 25.1 Å². The Morgan fingerprint density at radius 1 is 1.29 bits per heavy atom. The summed E-state index contributed by atoms with van der Waals surface area (Å²) in [6.45, 7) is 0.489. The number of aliphatic carboxylic acids is 1. The molecule has 1 saturated heterocycles. The van der Waals surface area contributed by atoms with Crippen LogP contribution in [0.1, 0.15) is 38.5 Å². The maximum Gasteiger partial charge on any atom is 0.310 e. The van der Waals surface area contributed by atoms with E-state index in [1.165, 1.54) is 17.0 Å². The Morgan fingerprint density at radius 3 is 2.54 bits per heavy atom. The third kappa shape index (κ3) is 2.98. The van der Waals surface area contributed by atoms with Gasteiger partial charge in [0.1, 0.15) is 5.82 Å². The zero-order valence-electron chi connectivity index (χ0n) is 13.2. The number of carbonyl (C=O) groups is 3. The van der Waals surface area contributed by atoms with E-state index in [1.54, 1.807) is 0 Å². The molecule has 24 heavy (non-hydrogen) atoms. The fraction of sp³-hybridized carbons (Fsp3) is 0.471. The maximum atomic E-state index is 14.2. The third-order valence-electron chi connectivity index (χ3n) is 4.86. The molecule has 0 bridgehead atoms. The third-order valence-corrected chi connectivity index (χ3v) is 4.86. The van der Waals surface area contributed by atoms with E-state index >= 15 is 0 Å². The summed E-state index contributed by atoms with van der Waals surface area (Å²) in [4.78, 5) is 36.4. The van der Waals surface area contributed by atoms with E-state index in [2.05, 4.69) is 5.32 Å². The van der Waals surface area contributed by atoms with Gasteiger partial charge in [-0.25, -0.2) is 4.39 Å². The molecule has 1 aromatic carbocycles. The molecule has 3 rings (SSSR count). The Bertz CT molecular complexity index is 700. The molecule has 1 heterocycles. The standard InChI is InChI=1S/C17H19FN2O4/c18-12-9-11(4-5-13(12)20-8-1-3-15(20)22)19-14(21)10-17(16(23)24)6-2-7-17/h4-5,9H,1-3,6-8,10H2,(H,19,21)(H,23,24). The topological polar surface area (TPSA) is 86.7 Å². The number of halogens is 1. The Kier molecular flexibility index (Phi) is 4.26. The van der Waals surface area contributed by atoms with Crippen molar-refractivity contribution < 1.29 is 23.9 Å². The summed E-state index contributed by atoms with van der Waals surface area (Å²) in [5, 5.41) is 11.8. The Labute approximate surface area is 138 Å². The van der Waals surface area contributed by atoms with E-state index in [1.807, 2.05) is 0 Å². The number of carboxylic acids is 1. The second-order valence-electron chi connectivity index (χ2n) is 6.48. The zero-order valence-corrected chi connectivity index (χ0v) is 13.2. The fourth-order valence-corrected chi connectivity index (χ4v) is 3.29. The number of nitrogens with zero attached hydrogens (tertiary/aromatic N) is 1. The van der Waals surface area contributed by atoms with Crippen molar-refractivity contribution in [1.29, 1.82) is 0 Å². The predicted octanol–water partition coefficient (Wildman–Crippen LogP) is 2.54. The van der Waals surface area contributed by atoms with Crippen molar-refractivity contribution in [1.82, 2.24) is 0 Å². The molecule has 0 aromatic heterocycles. The summed E-state index contributed by atoms with van der Waals surface area (Å²) in [6, 6.07) is 4.15. The second-order valence-corrected chi connectivity index (χ2v) is 6.48. The molecule has 2 N–H and O–H groups in total. The molecule has 7 heteroatoms. The van der Waals surface area contributed by atoms with Gasteiger partial charge in [-0.05, 0) is 37.5 Å². The van der Waals surface area contributed by atoms with Gasteiger partial charge in [0.2, 0.25) is 11.8 Å². The van der Waals surface area contributed by atoms with Crippen LogP contribution < -0.4 is 10.2 Å². The lowest BCUT2D eigenvalue weighted by molar-refractivity contribution is -0.157. The van der Waals surface area contributed by atoms with Crippen molar-refractivity contribution in [3.8, 4) is 0 Å². The number of hydrogen-bond donors (Lipinski definition) is 2. The van der Waals surface area contributed by atoms with Gasteiger partial charge in [-0.1, -0.05) is 6.42 Å². The van der Waals surface area contributed by atoms with Crippen LogP contribution >= 0.6 is 0 Å². The van der Waals surface area contributed by atoms with Gasteiger partial charge >= 0.3 is 5.97 Å². The van der Waals surface area contributed by atoms with Crippen molar-refractivity contribution in [3.05, 3.63) is 24.0 Å². The Balaban J connectivity index is 1.67. The Morgan fingerprint density at radius 2 is 2.04 bits per heavy atom. The minimum absolute atomic E-state index is 0.112. The Hall–Kier alpha value is -2.44. The predicted molar refractivity (Wildman–Crippen MR) is 85.2 cm³/mol. The van der Waals surface area contributed by atoms with Crippen LogP contribution in [0, 0.1) is 11.2 Å². The monoisotopic (exact) mass is 334 g/mol. The van der Waals surface area contributed by atoms with Crippen molar-refractivity contribution in [2.45, 2.75) is 38.5 Å². The summed E-state index contributed by atoms with van der Waals surface area (Å²) in [5.41, 5.74) is -0.519. The number of benzene rings is 1. The van der Waals surface area contributed by atoms with E-state index in [9.17, 15) is 23.9 Å². The second kappa shape index (κ2) is 6.22. The van der Waals surface area contributed by atoms with E-state index < -0.39 is 23.1 Å². The molecule has 0 atom stereocenters. The van der Waals surface area contributed by atoms with Crippen LogP contribution in [0.15, 0.2) is 18.2 Å². The van der Waals surface area contributed by atoms with Crippen LogP contribution in [0.25, 0.3) is 0 Å². The first kappa shape index (κ1) is 16.4. The van der Waals surface area contributed by atoms with Crippen molar-refractivity contribution >= 4 is 29.2 Å². The molecule has 1 aromatic rings. The number of hydrogen-bond acceptors (Lipinski definition) is 3. The van der Waals surface area contributed by atoms with Crippen LogP contribution in [-0.2, 0) is 14.4 Å². The zero-order chi connectivity index (χ0) is 17.3. The first-order valence-electron chi connectivity index (χ1n) is 8.04. The molecule has 1 aliphatic heterocycles. The van der Waals surface area contributed by atoms with Crippen LogP contribution in [-0.4, -0.2) is 29.4 Å². The number of rotatable bonds is 5. The molecule has 2 amide bonds. The lowest BCUT2D eigenvalue weighted by Crippen LogP contribution is -2.41. The molecule has 2 aliphatic rings. The first-order chi connectivity index (χ1) is 11.4. The first-order valence-corrected chi connectivity index (χ1v) is 8.04. The van der Waals surface area contributed by atoms with Gasteiger partial charge in [0.05, 0.1) is 11.1 Å². The SMILES string of the molecule is O=C(CC1(C(=O)O)CCC1)Nc1ccc(N2CCCC2=O)c(F)c1. The van der Waals surface area contributed by atoms with Crippen molar-refractivity contribution in [2.24, 2.45) is 5.41 Å². The van der Waals surface area contributed by atoms with Crippen LogP contribution in [0.4, 0.5) is 15.8 Å². The molecule has 0 radical (unpaired) electrons. The van der Waals surface area contributed by atoms with Gasteiger partial charge in [0.25, 0.3) is 0 Å². The number of anilines is 2. The molecule has 1 aliphatic carbocycles. The summed E-state index contributed by atoms with van der Waals surface area (Å²) >= 11 is 0. The van der Waals surface area contributed by atoms with Crippen LogP contribution in [0.2, 0.25) is 0 Å². The molecule has 2 fully saturated rings. The maximum absolute atomic E-state index is 14.2. The van der Waals surface area contributed by atoms with E-state index in [-0.39, 0.29) is 23.7 Å². The highest BCUT2D eigenvalue weighted by Gasteiger charge is 2.45. The molecule has 0 unspecified atom stereocenters. The molecular weight excluding hydrogens is 315 g/mol. The van der Waals surface area contributed by atoms with Crippen LogP contribution in [0.5, 0.6) is 0 Å². The highest BCUT2D eigenvalue weighted by molar-refractivity contribution is 5.97. The smallest absolute Gasteiger partial charge is 0.310 e. The average molecular weight is 334 g/mol. The summed E-state index contributed by atoms with van der Waals surface area (Å²) in [5.74, 6) is -2.10. The highest BCUT2D eigenvalue weighted by Crippen LogP contribution is 2.44. The van der Waals surface area contributed by atoms with Gasteiger partial charge in [-0.15, -0.1) is 0 Å². The van der Waals surface area contributed by atoms with E-state index in [0.29, 0.717) is 32.2 Å². The molecule has 1 saturated carbocycles. The van der Waals surface area contributed by atoms with Crippen molar-refractivity contribution in [2.75, 3.05) is 16.8 Å². The number of amides is 2. The fourth-order valence-electron chi connectivity index (χ4n) is 3.29. The van der Waals surface area contributed by atoms with Crippen LogP contribution in [0.3, 0.4) is 0 Å². The average Bonchev–Trinajstić information content (AvgIpc) is 2.89. The van der Waals surface area contributed by atoms with E-state index in [0.717, 1.165) is 12.5 Å². The largest absolute Gasteiger partial charge is 0.481 e. The lowest BCUT2D eigenvalue weighted by atomic mass is 9.66. The summed E-state index contributed by atoms with van der Waals surface area (Å²) < 4.78 is 14.2. The minimum Gasteiger partial charge on any atom is -0.481 e. The molecular formula is C17H19FN2O4. The molecule has 128 valence electrons. The molecule has 0 spiro atoms. The highest BCUT2D eigenvalue weighted by atomic mass is 19.1. The normalized spacial score (nSPS) is 19.0. The lowest BCUT2D eigenvalue weighted by Gasteiger charge is -2.36. The summed E-state index contributed by atoms with van der Waals surface area (Å²) in [7, 11) is 0. The van der Waals surface area contributed by atoms with Gasteiger partial charge in [-0.3, -0.25) is 14.4 Å². The number of carboxylic acid groups (broad SMARTS) is 1. The van der Waals surface area contributed by atoms with Gasteiger partial charge in [-0.2, -0.15) is 0 Å².